The summed E-state index contributed by atoms with van der Waals surface area (Å²) in [7, 11) is -3.41. The van der Waals surface area contributed by atoms with Crippen molar-refractivity contribution in [3.05, 3.63) is 29.8 Å². The molecule has 0 saturated heterocycles. The van der Waals surface area contributed by atoms with Gasteiger partial charge in [-0.1, -0.05) is 38.5 Å². The lowest BCUT2D eigenvalue weighted by atomic mass is 9.70. The van der Waals surface area contributed by atoms with Gasteiger partial charge in [0, 0.05) is 6.04 Å². The Morgan fingerprint density at radius 1 is 1.14 bits per heavy atom. The summed E-state index contributed by atoms with van der Waals surface area (Å²) >= 11 is 0. The van der Waals surface area contributed by atoms with Crippen molar-refractivity contribution in [2.75, 3.05) is 0 Å². The van der Waals surface area contributed by atoms with Crippen LogP contribution in [0.2, 0.25) is 0 Å². The molecule has 1 N–H and O–H groups in total. The summed E-state index contributed by atoms with van der Waals surface area (Å²) in [6.45, 7) is 8.81. The summed E-state index contributed by atoms with van der Waals surface area (Å²) in [5.41, 5.74) is 1.30. The van der Waals surface area contributed by atoms with E-state index in [2.05, 4.69) is 25.5 Å². The highest BCUT2D eigenvalue weighted by Crippen LogP contribution is 2.59. The number of nitrogens with one attached hydrogen (secondary N) is 1. The maximum atomic E-state index is 12.6. The Balaban J connectivity index is 1.86. The highest BCUT2D eigenvalue weighted by molar-refractivity contribution is 7.89. The topological polar surface area (TPSA) is 46.2 Å². The summed E-state index contributed by atoms with van der Waals surface area (Å²) in [5, 5.41) is 0. The molecule has 1 aromatic carbocycles. The second-order valence-electron chi connectivity index (χ2n) is 7.42. The Bertz CT molecular complexity index is 633. The second-order valence-corrected chi connectivity index (χ2v) is 9.13. The van der Waals surface area contributed by atoms with Crippen LogP contribution in [0.3, 0.4) is 0 Å². The predicted octanol–water partition coefficient (Wildman–Crippen LogP) is 3.34. The summed E-state index contributed by atoms with van der Waals surface area (Å²) in [6, 6.07) is 7.20. The van der Waals surface area contributed by atoms with E-state index >= 15 is 0 Å². The van der Waals surface area contributed by atoms with Gasteiger partial charge in [0.15, 0.2) is 0 Å². The minimum absolute atomic E-state index is 0.0984. The van der Waals surface area contributed by atoms with Crippen molar-refractivity contribution in [2.45, 2.75) is 51.5 Å². The fraction of sp³-hybridized carbons (Fsp3) is 0.647. The van der Waals surface area contributed by atoms with E-state index in [9.17, 15) is 8.42 Å². The van der Waals surface area contributed by atoms with Crippen molar-refractivity contribution in [3.63, 3.8) is 0 Å². The average molecular weight is 307 g/mol. The van der Waals surface area contributed by atoms with Crippen molar-refractivity contribution < 1.29 is 8.42 Å². The lowest BCUT2D eigenvalue weighted by Crippen LogP contribution is -2.39. The fourth-order valence-corrected chi connectivity index (χ4v) is 5.78. The van der Waals surface area contributed by atoms with Crippen molar-refractivity contribution >= 4 is 10.0 Å². The zero-order valence-corrected chi connectivity index (χ0v) is 14.1. The van der Waals surface area contributed by atoms with Crippen molar-refractivity contribution in [1.29, 1.82) is 0 Å². The molecule has 0 radical (unpaired) electrons. The van der Waals surface area contributed by atoms with E-state index in [0.717, 1.165) is 18.4 Å². The molecular weight excluding hydrogens is 282 g/mol. The van der Waals surface area contributed by atoms with Crippen LogP contribution >= 0.6 is 0 Å². The fourth-order valence-electron chi connectivity index (χ4n) is 4.45. The van der Waals surface area contributed by atoms with E-state index < -0.39 is 10.0 Å². The van der Waals surface area contributed by atoms with Gasteiger partial charge in [-0.05, 0) is 55.1 Å². The molecule has 1 aromatic rings. The largest absolute Gasteiger partial charge is 0.240 e. The molecule has 2 bridgehead atoms. The van der Waals surface area contributed by atoms with Crippen LogP contribution in [0.15, 0.2) is 29.2 Å². The molecule has 2 fully saturated rings. The molecule has 2 saturated carbocycles. The van der Waals surface area contributed by atoms with Gasteiger partial charge in [0.1, 0.15) is 0 Å². The molecule has 4 atom stereocenters. The van der Waals surface area contributed by atoms with Gasteiger partial charge in [-0.3, -0.25) is 0 Å². The predicted molar refractivity (Wildman–Crippen MR) is 84.4 cm³/mol. The van der Waals surface area contributed by atoms with Crippen LogP contribution in [0.4, 0.5) is 0 Å². The lowest BCUT2D eigenvalue weighted by Gasteiger charge is -2.35. The molecular formula is C17H25NO2S. The number of fused-ring (bicyclic) bond motifs is 2. The minimum atomic E-state index is -3.41. The summed E-state index contributed by atoms with van der Waals surface area (Å²) < 4.78 is 28.3. The summed E-state index contributed by atoms with van der Waals surface area (Å²) in [5.74, 6) is 1.50. The number of sulfonamides is 1. The van der Waals surface area contributed by atoms with Gasteiger partial charge in [-0.25, -0.2) is 13.1 Å². The number of aryl methyl sites for hydroxylation is 1. The standard InChI is InChI=1S/C17H25NO2S/c1-11-5-7-13(8-6-11)21(19,20)18-16-14-9-10-15(16)17(3,4)12(14)2/h5-8,12,14-16,18H,9-10H2,1-4H3/t12?,14?,15-,16?/m1/s1. The molecule has 3 unspecified atom stereocenters. The van der Waals surface area contributed by atoms with Gasteiger partial charge in [0.05, 0.1) is 4.90 Å². The van der Waals surface area contributed by atoms with Crippen LogP contribution in [0.5, 0.6) is 0 Å². The molecule has 3 rings (SSSR count). The Hall–Kier alpha value is -0.870. The Morgan fingerprint density at radius 3 is 2.29 bits per heavy atom. The van der Waals surface area contributed by atoms with Gasteiger partial charge in [-0.2, -0.15) is 0 Å². The smallest absolute Gasteiger partial charge is 0.207 e. The van der Waals surface area contributed by atoms with Crippen LogP contribution in [-0.4, -0.2) is 14.5 Å². The first-order valence-corrected chi connectivity index (χ1v) is 9.31. The number of hydrogen-bond donors (Lipinski definition) is 1. The first-order chi connectivity index (χ1) is 9.73. The molecule has 0 aromatic heterocycles. The normalized spacial score (nSPS) is 34.3. The van der Waals surface area contributed by atoms with E-state index in [0.29, 0.717) is 22.6 Å². The van der Waals surface area contributed by atoms with Crippen LogP contribution in [0.1, 0.15) is 39.2 Å². The van der Waals surface area contributed by atoms with Crippen LogP contribution in [0.25, 0.3) is 0 Å². The molecule has 2 aliphatic carbocycles. The van der Waals surface area contributed by atoms with E-state index in [1.165, 1.54) is 0 Å². The molecule has 4 heteroatoms. The van der Waals surface area contributed by atoms with Crippen molar-refractivity contribution in [3.8, 4) is 0 Å². The maximum absolute atomic E-state index is 12.6. The van der Waals surface area contributed by atoms with E-state index in [-0.39, 0.29) is 11.5 Å². The van der Waals surface area contributed by atoms with Crippen molar-refractivity contribution in [2.24, 2.45) is 23.2 Å². The SMILES string of the molecule is Cc1ccc(S(=O)(=O)NC2C3CC[C@H]2C(C)(C)C3C)cc1. The van der Waals surface area contributed by atoms with E-state index in [1.807, 2.05) is 19.1 Å². The molecule has 21 heavy (non-hydrogen) atoms. The molecule has 2 aliphatic rings. The highest BCUT2D eigenvalue weighted by Gasteiger charge is 2.57. The van der Waals surface area contributed by atoms with Crippen LogP contribution < -0.4 is 4.72 Å². The number of rotatable bonds is 3. The van der Waals surface area contributed by atoms with Gasteiger partial charge >= 0.3 is 0 Å². The Morgan fingerprint density at radius 2 is 1.76 bits per heavy atom. The average Bonchev–Trinajstić information content (AvgIpc) is 2.87. The van der Waals surface area contributed by atoms with Gasteiger partial charge in [0.2, 0.25) is 10.0 Å². The van der Waals surface area contributed by atoms with E-state index in [1.54, 1.807) is 12.1 Å². The molecule has 0 amide bonds. The maximum Gasteiger partial charge on any atom is 0.240 e. The zero-order valence-electron chi connectivity index (χ0n) is 13.3. The van der Waals surface area contributed by atoms with E-state index in [4.69, 9.17) is 0 Å². The first kappa shape index (κ1) is 15.0. The molecule has 0 heterocycles. The number of hydrogen-bond acceptors (Lipinski definition) is 2. The quantitative estimate of drug-likeness (QED) is 0.931. The Labute approximate surface area is 128 Å². The third-order valence-corrected chi connectivity index (χ3v) is 7.57. The summed E-state index contributed by atoms with van der Waals surface area (Å²) in [4.78, 5) is 0.379. The molecule has 3 nitrogen and oxygen atoms in total. The highest BCUT2D eigenvalue weighted by atomic mass is 32.2. The lowest BCUT2D eigenvalue weighted by molar-refractivity contribution is 0.136. The molecule has 116 valence electrons. The van der Waals surface area contributed by atoms with Crippen LogP contribution in [0, 0.1) is 30.1 Å². The minimum Gasteiger partial charge on any atom is -0.207 e. The molecule has 0 aliphatic heterocycles. The third-order valence-electron chi connectivity index (χ3n) is 6.10. The number of benzene rings is 1. The first-order valence-electron chi connectivity index (χ1n) is 7.82. The Kier molecular flexibility index (Phi) is 3.45. The van der Waals surface area contributed by atoms with Gasteiger partial charge in [-0.15, -0.1) is 0 Å². The monoisotopic (exact) mass is 307 g/mol. The zero-order chi connectivity index (χ0) is 15.4. The van der Waals surface area contributed by atoms with Crippen molar-refractivity contribution in [1.82, 2.24) is 4.72 Å². The van der Waals surface area contributed by atoms with Crippen LogP contribution in [-0.2, 0) is 10.0 Å². The van der Waals surface area contributed by atoms with Gasteiger partial charge in [0.25, 0.3) is 0 Å². The van der Waals surface area contributed by atoms with Gasteiger partial charge < -0.3 is 0 Å². The molecule has 0 spiro atoms. The third kappa shape index (κ3) is 2.33. The second kappa shape index (κ2) is 4.82. The summed E-state index contributed by atoms with van der Waals surface area (Å²) in [6.07, 6.45) is 2.29.